The van der Waals surface area contributed by atoms with Crippen molar-refractivity contribution in [2.45, 2.75) is 0 Å². The van der Waals surface area contributed by atoms with E-state index in [2.05, 4.69) is 357 Å². The van der Waals surface area contributed by atoms with Crippen LogP contribution in [0.3, 0.4) is 0 Å². The zero-order chi connectivity index (χ0) is 67.5. The van der Waals surface area contributed by atoms with Crippen LogP contribution in [0.5, 0.6) is 0 Å². The molecule has 6 nitrogen and oxygen atoms in total. The quantitative estimate of drug-likeness (QED) is 0.0962. The standard InChI is InChI=1S/C96H64N6/c1-62(73-35-4-12-43-81(73)97)26-2-3-27-63-28-23-51-89-94(63)78-40-9-17-48-86(78)98(89)70-32-20-29-64(59-70)67-56-68(65-30-21-33-71(60-65)99-87-49-18-10-41-79(87)95-90(99)52-24-54-92(95)101-82-44-13-5-36-74(82)75-37-6-14-45-83(75)101)58-69(57-67)66-31-22-34-72(61-66)100-88-50-19-11-42-80(88)96-91(100)53-25-55-93(96)102-84-46-15-7-38-76(84)77-39-8-16-47-85(77)102/h2-61H,1,97H2/b26-2-,27-3?. The molecule has 0 spiro atoms. The number of rotatable bonds is 12. The summed E-state index contributed by atoms with van der Waals surface area (Å²) in [6.45, 7) is 4.33. The molecule has 20 aromatic rings. The normalized spacial score (nSPS) is 12.1. The van der Waals surface area contributed by atoms with Crippen LogP contribution in [-0.4, -0.2) is 22.8 Å². The van der Waals surface area contributed by atoms with E-state index in [1.807, 2.05) is 36.4 Å². The first-order valence-corrected chi connectivity index (χ1v) is 34.9. The molecule has 478 valence electrons. The predicted octanol–water partition coefficient (Wildman–Crippen LogP) is 25.0. The van der Waals surface area contributed by atoms with Crippen LogP contribution in [0.25, 0.3) is 182 Å². The summed E-state index contributed by atoms with van der Waals surface area (Å²) in [5, 5.41) is 12.2. The van der Waals surface area contributed by atoms with Crippen molar-refractivity contribution in [1.82, 2.24) is 22.8 Å². The van der Waals surface area contributed by atoms with Crippen molar-refractivity contribution in [2.24, 2.45) is 0 Å². The van der Waals surface area contributed by atoms with Gasteiger partial charge in [0.25, 0.3) is 0 Å². The Morgan fingerprint density at radius 2 is 0.569 bits per heavy atom. The molecule has 6 heteroatoms. The van der Waals surface area contributed by atoms with E-state index in [1.54, 1.807) is 0 Å². The van der Waals surface area contributed by atoms with Crippen LogP contribution in [0, 0.1) is 0 Å². The van der Waals surface area contributed by atoms with Gasteiger partial charge in [-0.1, -0.05) is 237 Å². The number of hydrogen-bond donors (Lipinski definition) is 1. The Kier molecular flexibility index (Phi) is 13.5. The number of aromatic nitrogens is 5. The van der Waals surface area contributed by atoms with Crippen molar-refractivity contribution in [2.75, 3.05) is 5.73 Å². The molecule has 0 unspecified atom stereocenters. The van der Waals surface area contributed by atoms with E-state index >= 15 is 0 Å². The Bertz CT molecular complexity index is 6530. The molecule has 2 N–H and O–H groups in total. The number of nitrogens with two attached hydrogens (primary N) is 1. The molecule has 5 heterocycles. The van der Waals surface area contributed by atoms with Crippen LogP contribution >= 0.6 is 0 Å². The molecule has 0 aliphatic carbocycles. The highest BCUT2D eigenvalue weighted by molar-refractivity contribution is 6.19. The van der Waals surface area contributed by atoms with Crippen molar-refractivity contribution in [3.63, 3.8) is 0 Å². The van der Waals surface area contributed by atoms with Gasteiger partial charge in [-0.3, -0.25) is 0 Å². The fraction of sp³-hybridized carbons (Fsp3) is 0. The molecule has 0 radical (unpaired) electrons. The van der Waals surface area contributed by atoms with Crippen LogP contribution in [-0.2, 0) is 0 Å². The van der Waals surface area contributed by atoms with E-state index in [9.17, 15) is 0 Å². The Balaban J connectivity index is 0.756. The van der Waals surface area contributed by atoms with E-state index in [1.165, 1.54) is 75.9 Å². The number of hydrogen-bond acceptors (Lipinski definition) is 1. The highest BCUT2D eigenvalue weighted by atomic mass is 15.0. The summed E-state index contributed by atoms with van der Waals surface area (Å²) in [4.78, 5) is 0. The number of fused-ring (bicyclic) bond motifs is 15. The Labute approximate surface area is 588 Å². The Hall–Kier alpha value is -13.7. The number of allylic oxidation sites excluding steroid dienone is 4. The minimum Gasteiger partial charge on any atom is -0.398 e. The Morgan fingerprint density at radius 1 is 0.255 bits per heavy atom. The number of nitrogens with zero attached hydrogens (tertiary/aromatic N) is 5. The maximum Gasteiger partial charge on any atom is 0.0562 e. The lowest BCUT2D eigenvalue weighted by Crippen LogP contribution is -1.97. The molecule has 20 rings (SSSR count). The molecule has 15 aromatic carbocycles. The van der Waals surface area contributed by atoms with Crippen molar-refractivity contribution in [3.8, 4) is 61.8 Å². The topological polar surface area (TPSA) is 50.7 Å². The average molecular weight is 1300 g/mol. The van der Waals surface area contributed by atoms with E-state index in [0.29, 0.717) is 5.69 Å². The van der Waals surface area contributed by atoms with Gasteiger partial charge >= 0.3 is 0 Å². The summed E-state index contributed by atoms with van der Waals surface area (Å²) in [6, 6.07) is 124. The fourth-order valence-corrected chi connectivity index (χ4v) is 16.6. The molecule has 0 fully saturated rings. The summed E-state index contributed by atoms with van der Waals surface area (Å²) in [6.07, 6.45) is 8.37. The van der Waals surface area contributed by atoms with Gasteiger partial charge in [0, 0.05) is 82.2 Å². The molecule has 5 aromatic heterocycles. The second-order valence-corrected chi connectivity index (χ2v) is 26.7. The van der Waals surface area contributed by atoms with Crippen molar-refractivity contribution in [1.29, 1.82) is 0 Å². The van der Waals surface area contributed by atoms with Gasteiger partial charge in [0.15, 0.2) is 0 Å². The van der Waals surface area contributed by atoms with Crippen molar-refractivity contribution >= 4 is 126 Å². The van der Waals surface area contributed by atoms with Crippen LogP contribution in [0.4, 0.5) is 5.69 Å². The van der Waals surface area contributed by atoms with Crippen molar-refractivity contribution < 1.29 is 0 Å². The van der Waals surface area contributed by atoms with E-state index in [0.717, 1.165) is 112 Å². The average Bonchev–Trinajstić information content (AvgIpc) is 1.57. The lowest BCUT2D eigenvalue weighted by molar-refractivity contribution is 1.17. The zero-order valence-electron chi connectivity index (χ0n) is 55.7. The van der Waals surface area contributed by atoms with Gasteiger partial charge < -0.3 is 28.6 Å². The summed E-state index contributed by atoms with van der Waals surface area (Å²) in [5.41, 5.74) is 33.8. The molecular formula is C96H64N6. The molecule has 0 saturated carbocycles. The first-order chi connectivity index (χ1) is 50.5. The first-order valence-electron chi connectivity index (χ1n) is 34.9. The maximum atomic E-state index is 6.34. The number of benzene rings is 15. The van der Waals surface area contributed by atoms with Gasteiger partial charge in [-0.05, 0) is 178 Å². The smallest absolute Gasteiger partial charge is 0.0562 e. The second kappa shape index (κ2) is 23.5. The summed E-state index contributed by atoms with van der Waals surface area (Å²) in [7, 11) is 0. The van der Waals surface area contributed by atoms with Gasteiger partial charge in [0.2, 0.25) is 0 Å². The molecule has 0 aliphatic heterocycles. The number of anilines is 1. The molecule has 102 heavy (non-hydrogen) atoms. The third-order valence-corrected chi connectivity index (χ3v) is 21.0. The highest BCUT2D eigenvalue weighted by Crippen LogP contribution is 2.45. The summed E-state index contributed by atoms with van der Waals surface area (Å²) >= 11 is 0. The first kappa shape index (κ1) is 58.5. The van der Waals surface area contributed by atoms with Crippen LogP contribution in [0.2, 0.25) is 0 Å². The Morgan fingerprint density at radius 3 is 0.971 bits per heavy atom. The molecule has 0 atom stereocenters. The maximum absolute atomic E-state index is 6.34. The van der Waals surface area contributed by atoms with Gasteiger partial charge in [0.05, 0.1) is 66.5 Å². The van der Waals surface area contributed by atoms with Gasteiger partial charge in [-0.15, -0.1) is 0 Å². The van der Waals surface area contributed by atoms with E-state index in [-0.39, 0.29) is 0 Å². The zero-order valence-corrected chi connectivity index (χ0v) is 55.7. The lowest BCUT2D eigenvalue weighted by Gasteiger charge is -2.16. The molecule has 0 amide bonds. The third-order valence-electron chi connectivity index (χ3n) is 21.0. The SMILES string of the molecule is C=C(/C=C\C=Cc1cccc2c1c1ccccc1n2-c1cccc(-c2cc(-c3cccc(-n4c5ccccc5c5c(-n6c7ccccc7c7ccccc76)cccc54)c3)cc(-c3cccc(-n4c5ccccc5c5c(-n6c7ccccc7c7ccccc76)cccc54)c3)c2)c1)c1ccccc1N. The number of para-hydroxylation sites is 8. The van der Waals surface area contributed by atoms with E-state index < -0.39 is 0 Å². The summed E-state index contributed by atoms with van der Waals surface area (Å²) in [5.74, 6) is 0. The van der Waals surface area contributed by atoms with Crippen LogP contribution < -0.4 is 5.73 Å². The minimum atomic E-state index is 0.714. The predicted molar refractivity (Wildman–Crippen MR) is 433 cm³/mol. The van der Waals surface area contributed by atoms with Crippen molar-refractivity contribution in [3.05, 3.63) is 376 Å². The van der Waals surface area contributed by atoms with Crippen LogP contribution in [0.15, 0.2) is 365 Å². The lowest BCUT2D eigenvalue weighted by atomic mass is 9.93. The molecule has 0 saturated heterocycles. The summed E-state index contributed by atoms with van der Waals surface area (Å²) < 4.78 is 12.3. The van der Waals surface area contributed by atoms with Gasteiger partial charge in [-0.2, -0.15) is 0 Å². The number of nitrogen functional groups attached to an aromatic ring is 1. The molecule has 0 bridgehead atoms. The van der Waals surface area contributed by atoms with Gasteiger partial charge in [0.1, 0.15) is 0 Å². The highest BCUT2D eigenvalue weighted by Gasteiger charge is 2.24. The second-order valence-electron chi connectivity index (χ2n) is 26.7. The third kappa shape index (κ3) is 9.20. The largest absolute Gasteiger partial charge is 0.398 e. The molecular weight excluding hydrogens is 1240 g/mol. The fourth-order valence-electron chi connectivity index (χ4n) is 16.6. The van der Waals surface area contributed by atoms with Gasteiger partial charge in [-0.25, -0.2) is 0 Å². The van der Waals surface area contributed by atoms with E-state index in [4.69, 9.17) is 5.73 Å². The van der Waals surface area contributed by atoms with Crippen LogP contribution in [0.1, 0.15) is 11.1 Å². The molecule has 0 aliphatic rings. The monoisotopic (exact) mass is 1300 g/mol. The minimum absolute atomic E-state index is 0.714.